The number of carbonyl (C=O) groups excluding carboxylic acids is 1. The molecule has 2 aromatic rings. The summed E-state index contributed by atoms with van der Waals surface area (Å²) in [6.07, 6.45) is 0.886. The molecule has 0 spiro atoms. The topological polar surface area (TPSA) is 73.0 Å². The molecule has 0 amide bonds. The van der Waals surface area contributed by atoms with Gasteiger partial charge in [0.1, 0.15) is 0 Å². The number of rotatable bonds is 1. The van der Waals surface area contributed by atoms with Crippen LogP contribution in [0.15, 0.2) is 23.1 Å². The Bertz CT molecular complexity index is 648. The van der Waals surface area contributed by atoms with E-state index >= 15 is 0 Å². The van der Waals surface area contributed by atoms with Crippen molar-refractivity contribution in [3.63, 3.8) is 0 Å². The van der Waals surface area contributed by atoms with Crippen LogP contribution in [0, 0.1) is 11.6 Å². The molecule has 0 aliphatic carbocycles. The highest BCUT2D eigenvalue weighted by Crippen LogP contribution is 2.13. The zero-order valence-corrected chi connectivity index (χ0v) is 7.71. The first-order chi connectivity index (χ1) is 7.50. The molecule has 0 aliphatic rings. The second-order valence-corrected chi connectivity index (χ2v) is 3.13. The lowest BCUT2D eigenvalue weighted by molar-refractivity contribution is -0.255. The number of fused-ring (bicyclic) bond motifs is 1. The Hall–Kier alpha value is -2.24. The van der Waals surface area contributed by atoms with Crippen molar-refractivity contribution in [1.82, 2.24) is 4.98 Å². The zero-order valence-electron chi connectivity index (χ0n) is 7.71. The zero-order chi connectivity index (χ0) is 11.9. The van der Waals surface area contributed by atoms with Crippen LogP contribution in [-0.2, 0) is 0 Å². The van der Waals surface area contributed by atoms with Gasteiger partial charge in [0, 0.05) is 17.6 Å². The van der Waals surface area contributed by atoms with Crippen LogP contribution in [0.1, 0.15) is 10.4 Å². The summed E-state index contributed by atoms with van der Waals surface area (Å²) in [5.41, 5.74) is -1.51. The number of aromatic nitrogens is 1. The highest BCUT2D eigenvalue weighted by Gasteiger charge is 2.10. The van der Waals surface area contributed by atoms with Crippen LogP contribution in [0.4, 0.5) is 8.78 Å². The first-order valence-corrected chi connectivity index (χ1v) is 4.22. The minimum atomic E-state index is -1.67. The van der Waals surface area contributed by atoms with Crippen molar-refractivity contribution >= 4 is 16.9 Å². The number of hydrogen-bond acceptors (Lipinski definition) is 3. The number of carboxylic acid groups (broad SMARTS) is 1. The molecule has 1 aromatic carbocycles. The molecule has 0 atom stereocenters. The van der Waals surface area contributed by atoms with E-state index in [2.05, 4.69) is 4.98 Å². The van der Waals surface area contributed by atoms with Gasteiger partial charge in [-0.3, -0.25) is 4.79 Å². The van der Waals surface area contributed by atoms with Crippen LogP contribution in [0.2, 0.25) is 0 Å². The molecule has 0 saturated heterocycles. The molecule has 0 fully saturated rings. The Morgan fingerprint density at radius 3 is 2.50 bits per heavy atom. The van der Waals surface area contributed by atoms with Crippen LogP contribution in [0.3, 0.4) is 0 Å². The Balaban J connectivity index is 2.90. The lowest BCUT2D eigenvalue weighted by atomic mass is 10.1. The van der Waals surface area contributed by atoms with Crippen LogP contribution in [0.5, 0.6) is 0 Å². The maximum absolute atomic E-state index is 12.9. The smallest absolute Gasteiger partial charge is 0.198 e. The maximum atomic E-state index is 12.9. The van der Waals surface area contributed by atoms with Crippen molar-refractivity contribution in [3.8, 4) is 0 Å². The molecule has 82 valence electrons. The molecule has 16 heavy (non-hydrogen) atoms. The molecule has 1 aromatic heterocycles. The largest absolute Gasteiger partial charge is 0.545 e. The minimum Gasteiger partial charge on any atom is -0.545 e. The fourth-order valence-electron chi connectivity index (χ4n) is 1.37. The van der Waals surface area contributed by atoms with E-state index in [0.717, 1.165) is 12.3 Å². The van der Waals surface area contributed by atoms with Crippen molar-refractivity contribution in [1.29, 1.82) is 0 Å². The standard InChI is InChI=1S/C10H5F2NO3/c11-6-1-4-8(2-7(6)12)13-3-5(9(4)14)10(15)16/h1-3H,(H,13,14)(H,15,16)/p-1. The molecule has 4 nitrogen and oxygen atoms in total. The van der Waals surface area contributed by atoms with Gasteiger partial charge in [-0.05, 0) is 6.07 Å². The molecule has 0 unspecified atom stereocenters. The summed E-state index contributed by atoms with van der Waals surface area (Å²) in [5, 5.41) is 10.3. The lowest BCUT2D eigenvalue weighted by Gasteiger charge is -2.04. The monoisotopic (exact) mass is 224 g/mol. The van der Waals surface area contributed by atoms with Gasteiger partial charge in [0.25, 0.3) is 0 Å². The second-order valence-electron chi connectivity index (χ2n) is 3.13. The van der Waals surface area contributed by atoms with Crippen LogP contribution < -0.4 is 10.5 Å². The molecular formula is C10H4F2NO3-. The third kappa shape index (κ3) is 1.44. The predicted molar refractivity (Wildman–Crippen MR) is 48.8 cm³/mol. The van der Waals surface area contributed by atoms with Gasteiger partial charge in [-0.25, -0.2) is 8.78 Å². The number of carboxylic acids is 1. The van der Waals surface area contributed by atoms with Gasteiger partial charge in [-0.15, -0.1) is 0 Å². The van der Waals surface area contributed by atoms with Gasteiger partial charge in [0.05, 0.1) is 17.0 Å². The molecule has 0 bridgehead atoms. The molecule has 0 aliphatic heterocycles. The molecule has 0 radical (unpaired) electrons. The quantitative estimate of drug-likeness (QED) is 0.750. The number of hydrogen-bond donors (Lipinski definition) is 1. The highest BCUT2D eigenvalue weighted by atomic mass is 19.2. The number of pyridine rings is 1. The van der Waals surface area contributed by atoms with Crippen LogP contribution >= 0.6 is 0 Å². The molecule has 1 N–H and O–H groups in total. The average molecular weight is 224 g/mol. The van der Waals surface area contributed by atoms with Crippen molar-refractivity contribution in [2.75, 3.05) is 0 Å². The molecule has 2 rings (SSSR count). The summed E-state index contributed by atoms with van der Waals surface area (Å²) in [6, 6.07) is 1.43. The number of nitrogens with one attached hydrogen (secondary N) is 1. The summed E-state index contributed by atoms with van der Waals surface area (Å²) in [7, 11) is 0. The van der Waals surface area contributed by atoms with Crippen molar-refractivity contribution < 1.29 is 18.7 Å². The third-order valence-electron chi connectivity index (χ3n) is 2.14. The van der Waals surface area contributed by atoms with Gasteiger partial charge >= 0.3 is 0 Å². The average Bonchev–Trinajstić information content (AvgIpc) is 2.21. The number of carbonyl (C=O) groups is 1. The molecule has 6 heteroatoms. The van der Waals surface area contributed by atoms with Gasteiger partial charge in [-0.1, -0.05) is 0 Å². The predicted octanol–water partition coefficient (Wildman–Crippen LogP) is 0.170. The van der Waals surface area contributed by atoms with Gasteiger partial charge < -0.3 is 14.9 Å². The van der Waals surface area contributed by atoms with E-state index in [0.29, 0.717) is 6.07 Å². The summed E-state index contributed by atoms with van der Waals surface area (Å²) in [4.78, 5) is 24.4. The van der Waals surface area contributed by atoms with Crippen molar-refractivity contribution in [2.24, 2.45) is 0 Å². The molecule has 1 heterocycles. The van der Waals surface area contributed by atoms with E-state index in [-0.39, 0.29) is 10.9 Å². The Morgan fingerprint density at radius 2 is 1.88 bits per heavy atom. The van der Waals surface area contributed by atoms with Crippen LogP contribution in [0.25, 0.3) is 10.9 Å². The fraction of sp³-hybridized carbons (Fsp3) is 0. The Morgan fingerprint density at radius 1 is 1.25 bits per heavy atom. The number of aromatic carboxylic acids is 1. The molecular weight excluding hydrogens is 220 g/mol. The minimum absolute atomic E-state index is 0.0221. The Kier molecular flexibility index (Phi) is 2.19. The summed E-state index contributed by atoms with van der Waals surface area (Å²) >= 11 is 0. The Labute approximate surface area is 87.1 Å². The summed E-state index contributed by atoms with van der Waals surface area (Å²) in [6.45, 7) is 0. The van der Waals surface area contributed by atoms with E-state index in [9.17, 15) is 23.5 Å². The summed E-state index contributed by atoms with van der Waals surface area (Å²) in [5.74, 6) is -4.01. The van der Waals surface area contributed by atoms with Gasteiger partial charge in [0.2, 0.25) is 0 Å². The fourth-order valence-corrected chi connectivity index (χ4v) is 1.37. The van der Waals surface area contributed by atoms with Crippen molar-refractivity contribution in [2.45, 2.75) is 0 Å². The number of halogens is 2. The maximum Gasteiger partial charge on any atom is 0.198 e. The number of aromatic amines is 1. The van der Waals surface area contributed by atoms with E-state index in [1.54, 1.807) is 0 Å². The van der Waals surface area contributed by atoms with Crippen LogP contribution in [-0.4, -0.2) is 11.0 Å². The summed E-state index contributed by atoms with van der Waals surface area (Å²) < 4.78 is 25.7. The SMILES string of the molecule is O=C([O-])c1c[nH]c2cc(F)c(F)cc2c1=O. The van der Waals surface area contributed by atoms with Gasteiger partial charge in [-0.2, -0.15) is 0 Å². The van der Waals surface area contributed by atoms with E-state index in [4.69, 9.17) is 0 Å². The first kappa shape index (κ1) is 10.3. The normalized spacial score (nSPS) is 10.6. The third-order valence-corrected chi connectivity index (χ3v) is 2.14. The van der Waals surface area contributed by atoms with E-state index in [1.165, 1.54) is 0 Å². The number of H-pyrrole nitrogens is 1. The van der Waals surface area contributed by atoms with E-state index < -0.39 is 28.6 Å². The van der Waals surface area contributed by atoms with Crippen molar-refractivity contribution in [3.05, 3.63) is 45.8 Å². The van der Waals surface area contributed by atoms with E-state index in [1.807, 2.05) is 0 Å². The van der Waals surface area contributed by atoms with Gasteiger partial charge in [0.15, 0.2) is 17.1 Å². The lowest BCUT2D eigenvalue weighted by Crippen LogP contribution is -2.29. The number of benzene rings is 1. The second kappa shape index (κ2) is 3.41. The first-order valence-electron chi connectivity index (χ1n) is 4.22. The highest BCUT2D eigenvalue weighted by molar-refractivity contribution is 5.90. The molecule has 0 saturated carbocycles.